The summed E-state index contributed by atoms with van der Waals surface area (Å²) in [6, 6.07) is 5.08. The maximum Gasteiger partial charge on any atom is 0.389 e. The van der Waals surface area contributed by atoms with E-state index in [2.05, 4.69) is 21.2 Å². The van der Waals surface area contributed by atoms with Gasteiger partial charge < -0.3 is 10.1 Å². The highest BCUT2D eigenvalue weighted by Crippen LogP contribution is 2.34. The lowest BCUT2D eigenvalue weighted by atomic mass is 10.0. The zero-order valence-corrected chi connectivity index (χ0v) is 13.9. The molecule has 0 spiro atoms. The van der Waals surface area contributed by atoms with Crippen LogP contribution in [-0.2, 0) is 0 Å². The fourth-order valence-corrected chi connectivity index (χ4v) is 2.45. The van der Waals surface area contributed by atoms with E-state index >= 15 is 0 Å². The van der Waals surface area contributed by atoms with Gasteiger partial charge in [0, 0.05) is 22.5 Å². The third-order valence-electron chi connectivity index (χ3n) is 3.00. The van der Waals surface area contributed by atoms with Gasteiger partial charge >= 0.3 is 6.18 Å². The lowest BCUT2D eigenvalue weighted by Crippen LogP contribution is -2.24. The monoisotopic (exact) mass is 367 g/mol. The van der Waals surface area contributed by atoms with E-state index in [9.17, 15) is 13.2 Å². The summed E-state index contributed by atoms with van der Waals surface area (Å²) in [5.74, 6) is 0.636. The van der Waals surface area contributed by atoms with Crippen molar-refractivity contribution in [2.75, 3.05) is 13.2 Å². The first-order valence-electron chi connectivity index (χ1n) is 7.09. The zero-order chi connectivity index (χ0) is 15.9. The van der Waals surface area contributed by atoms with Crippen LogP contribution < -0.4 is 10.1 Å². The van der Waals surface area contributed by atoms with E-state index < -0.39 is 12.6 Å². The van der Waals surface area contributed by atoms with E-state index in [1.165, 1.54) is 0 Å². The van der Waals surface area contributed by atoms with Gasteiger partial charge in [-0.25, -0.2) is 0 Å². The largest absolute Gasteiger partial charge is 0.494 e. The first-order chi connectivity index (χ1) is 9.87. The van der Waals surface area contributed by atoms with Crippen LogP contribution in [0.3, 0.4) is 0 Å². The molecule has 1 unspecified atom stereocenters. The lowest BCUT2D eigenvalue weighted by Gasteiger charge is -2.22. The Morgan fingerprint density at radius 1 is 1.29 bits per heavy atom. The summed E-state index contributed by atoms with van der Waals surface area (Å²) in [4.78, 5) is 0. The third kappa shape index (κ3) is 6.70. The molecule has 0 aliphatic rings. The molecular weight excluding hydrogens is 347 g/mol. The molecule has 2 nitrogen and oxygen atoms in total. The SMILES string of the molecule is CCCNC(CCC(F)(F)F)c1cc(Br)ccc1OCC. The van der Waals surface area contributed by atoms with Crippen LogP contribution in [0.1, 0.15) is 44.7 Å². The Bertz CT molecular complexity index is 437. The summed E-state index contributed by atoms with van der Waals surface area (Å²) in [5, 5.41) is 3.18. The average Bonchev–Trinajstić information content (AvgIpc) is 2.40. The van der Waals surface area contributed by atoms with Crippen molar-refractivity contribution in [1.82, 2.24) is 5.32 Å². The molecule has 0 aromatic heterocycles. The summed E-state index contributed by atoms with van der Waals surface area (Å²) in [6.45, 7) is 4.99. The van der Waals surface area contributed by atoms with Gasteiger partial charge in [-0.05, 0) is 44.5 Å². The van der Waals surface area contributed by atoms with E-state index in [0.29, 0.717) is 18.9 Å². The van der Waals surface area contributed by atoms with E-state index in [-0.39, 0.29) is 12.5 Å². The van der Waals surface area contributed by atoms with Crippen LogP contribution in [0.15, 0.2) is 22.7 Å². The Hall–Kier alpha value is -0.750. The molecule has 1 aromatic carbocycles. The standard InChI is InChI=1S/C15H21BrF3NO/c1-3-9-20-13(7-8-15(17,18)19)12-10-11(16)5-6-14(12)21-4-2/h5-6,10,13,20H,3-4,7-9H2,1-2H3. The van der Waals surface area contributed by atoms with Crippen molar-refractivity contribution >= 4 is 15.9 Å². The molecule has 6 heteroatoms. The molecule has 0 fully saturated rings. The van der Waals surface area contributed by atoms with Crippen molar-refractivity contribution in [2.24, 2.45) is 0 Å². The third-order valence-corrected chi connectivity index (χ3v) is 3.50. The second-order valence-corrected chi connectivity index (χ2v) is 5.69. The predicted octanol–water partition coefficient (Wildman–Crippen LogP) is 5.23. The highest BCUT2D eigenvalue weighted by atomic mass is 79.9. The summed E-state index contributed by atoms with van der Waals surface area (Å²) in [7, 11) is 0. The Morgan fingerprint density at radius 2 is 2.00 bits per heavy atom. The minimum atomic E-state index is -4.15. The molecule has 120 valence electrons. The number of halogens is 4. The highest BCUT2D eigenvalue weighted by Gasteiger charge is 2.29. The molecule has 1 N–H and O–H groups in total. The number of hydrogen-bond acceptors (Lipinski definition) is 2. The fraction of sp³-hybridized carbons (Fsp3) is 0.600. The molecule has 1 atom stereocenters. The predicted molar refractivity (Wildman–Crippen MR) is 81.6 cm³/mol. The number of alkyl halides is 3. The van der Waals surface area contributed by atoms with Gasteiger partial charge in [0.05, 0.1) is 6.61 Å². The van der Waals surface area contributed by atoms with Gasteiger partial charge in [-0.1, -0.05) is 22.9 Å². The summed E-state index contributed by atoms with van der Waals surface area (Å²) < 4.78 is 43.9. The van der Waals surface area contributed by atoms with Gasteiger partial charge in [0.25, 0.3) is 0 Å². The Kier molecular flexibility index (Phi) is 7.52. The maximum absolute atomic E-state index is 12.5. The van der Waals surface area contributed by atoms with E-state index in [0.717, 1.165) is 16.5 Å². The van der Waals surface area contributed by atoms with Crippen LogP contribution in [0, 0.1) is 0 Å². The van der Waals surface area contributed by atoms with Gasteiger partial charge in [0.15, 0.2) is 0 Å². The lowest BCUT2D eigenvalue weighted by molar-refractivity contribution is -0.136. The normalized spacial score (nSPS) is 13.2. The molecule has 0 amide bonds. The maximum atomic E-state index is 12.5. The van der Waals surface area contributed by atoms with E-state index in [4.69, 9.17) is 4.74 Å². The molecule has 0 aliphatic heterocycles. The van der Waals surface area contributed by atoms with Gasteiger partial charge in [-0.15, -0.1) is 0 Å². The first-order valence-corrected chi connectivity index (χ1v) is 7.89. The van der Waals surface area contributed by atoms with Crippen molar-refractivity contribution in [3.8, 4) is 5.75 Å². The van der Waals surface area contributed by atoms with Crippen LogP contribution in [0.25, 0.3) is 0 Å². The zero-order valence-electron chi connectivity index (χ0n) is 12.3. The second-order valence-electron chi connectivity index (χ2n) is 4.78. The van der Waals surface area contributed by atoms with Crippen LogP contribution in [0.5, 0.6) is 5.75 Å². The van der Waals surface area contributed by atoms with Crippen molar-refractivity contribution in [3.05, 3.63) is 28.2 Å². The number of ether oxygens (including phenoxy) is 1. The molecule has 21 heavy (non-hydrogen) atoms. The Labute approximate surface area is 132 Å². The van der Waals surface area contributed by atoms with Gasteiger partial charge in [-0.2, -0.15) is 13.2 Å². The van der Waals surface area contributed by atoms with Crippen LogP contribution >= 0.6 is 15.9 Å². The van der Waals surface area contributed by atoms with Crippen molar-refractivity contribution in [2.45, 2.75) is 45.3 Å². The first kappa shape index (κ1) is 18.3. The minimum Gasteiger partial charge on any atom is -0.494 e. The van der Waals surface area contributed by atoms with Crippen LogP contribution in [0.4, 0.5) is 13.2 Å². The molecule has 0 saturated carbocycles. The molecule has 1 aromatic rings. The molecule has 0 heterocycles. The smallest absolute Gasteiger partial charge is 0.389 e. The summed E-state index contributed by atoms with van der Waals surface area (Å²) in [5.41, 5.74) is 0.768. The fourth-order valence-electron chi connectivity index (χ4n) is 2.07. The molecule has 0 aliphatic carbocycles. The molecule has 0 saturated heterocycles. The molecule has 0 radical (unpaired) electrons. The molecule has 0 bridgehead atoms. The van der Waals surface area contributed by atoms with Crippen LogP contribution in [-0.4, -0.2) is 19.3 Å². The second kappa shape index (κ2) is 8.63. The van der Waals surface area contributed by atoms with Crippen molar-refractivity contribution < 1.29 is 17.9 Å². The van der Waals surface area contributed by atoms with E-state index in [1.807, 2.05) is 26.0 Å². The topological polar surface area (TPSA) is 21.3 Å². The highest BCUT2D eigenvalue weighted by molar-refractivity contribution is 9.10. The van der Waals surface area contributed by atoms with Crippen molar-refractivity contribution in [3.63, 3.8) is 0 Å². The number of nitrogens with one attached hydrogen (secondary N) is 1. The van der Waals surface area contributed by atoms with Gasteiger partial charge in [0.2, 0.25) is 0 Å². The quantitative estimate of drug-likeness (QED) is 0.678. The Balaban J connectivity index is 2.97. The Morgan fingerprint density at radius 3 is 2.57 bits per heavy atom. The summed E-state index contributed by atoms with van der Waals surface area (Å²) >= 11 is 3.37. The average molecular weight is 368 g/mol. The van der Waals surface area contributed by atoms with Crippen molar-refractivity contribution in [1.29, 1.82) is 0 Å². The number of rotatable bonds is 8. The van der Waals surface area contributed by atoms with Crippen LogP contribution in [0.2, 0.25) is 0 Å². The summed E-state index contributed by atoms with van der Waals surface area (Å²) in [6.07, 6.45) is -4.10. The molecular formula is C15H21BrF3NO. The number of benzene rings is 1. The molecule has 1 rings (SSSR count). The minimum absolute atomic E-state index is 0.0000274. The van der Waals surface area contributed by atoms with Gasteiger partial charge in [-0.3, -0.25) is 0 Å². The number of hydrogen-bond donors (Lipinski definition) is 1. The van der Waals surface area contributed by atoms with Gasteiger partial charge in [0.1, 0.15) is 5.75 Å². The van der Waals surface area contributed by atoms with E-state index in [1.54, 1.807) is 6.07 Å².